The smallest absolute Gasteiger partial charge is 0.222 e. The molecule has 1 rings (SSSR count). The van der Waals surface area contributed by atoms with E-state index in [1.165, 1.54) is 5.56 Å². The van der Waals surface area contributed by atoms with Crippen molar-refractivity contribution in [1.29, 1.82) is 0 Å². The van der Waals surface area contributed by atoms with Crippen molar-refractivity contribution in [2.24, 2.45) is 5.73 Å². The van der Waals surface area contributed by atoms with Crippen molar-refractivity contribution >= 4 is 5.91 Å². The maximum absolute atomic E-state index is 11.8. The Morgan fingerprint density at radius 1 is 1.42 bits per heavy atom. The number of nitrogens with one attached hydrogen (secondary N) is 1. The number of nitrogens with two attached hydrogens (primary N) is 1. The van der Waals surface area contributed by atoms with Gasteiger partial charge in [-0.1, -0.05) is 19.1 Å². The van der Waals surface area contributed by atoms with Crippen LogP contribution in [-0.2, 0) is 17.8 Å². The molecule has 4 heteroatoms. The summed E-state index contributed by atoms with van der Waals surface area (Å²) in [5.41, 5.74) is 7.55. The Bertz CT molecular complexity index is 436. The van der Waals surface area contributed by atoms with Gasteiger partial charge < -0.3 is 15.8 Å². The van der Waals surface area contributed by atoms with Crippen molar-refractivity contribution in [1.82, 2.24) is 5.32 Å². The Morgan fingerprint density at radius 2 is 2.11 bits per heavy atom. The Morgan fingerprint density at radius 3 is 2.63 bits per heavy atom. The minimum absolute atomic E-state index is 0.0449. The van der Waals surface area contributed by atoms with E-state index in [1.54, 1.807) is 7.11 Å². The Kier molecular flexibility index (Phi) is 5.36. The zero-order chi connectivity index (χ0) is 14.5. The van der Waals surface area contributed by atoms with Gasteiger partial charge in [0.05, 0.1) is 7.11 Å². The minimum Gasteiger partial charge on any atom is -0.496 e. The van der Waals surface area contributed by atoms with Gasteiger partial charge in [0.15, 0.2) is 0 Å². The molecule has 0 saturated heterocycles. The monoisotopic (exact) mass is 264 g/mol. The molecule has 0 aliphatic heterocycles. The van der Waals surface area contributed by atoms with E-state index in [9.17, 15) is 4.79 Å². The predicted octanol–water partition coefficient (Wildman–Crippen LogP) is 2.00. The number of methoxy groups -OCH3 is 1. The topological polar surface area (TPSA) is 64.3 Å². The lowest BCUT2D eigenvalue weighted by atomic mass is 10.0. The van der Waals surface area contributed by atoms with Crippen LogP contribution in [0.25, 0.3) is 0 Å². The molecule has 0 fully saturated rings. The van der Waals surface area contributed by atoms with Gasteiger partial charge in [-0.2, -0.15) is 0 Å². The first-order valence-corrected chi connectivity index (χ1v) is 6.57. The summed E-state index contributed by atoms with van der Waals surface area (Å²) in [4.78, 5) is 11.8. The number of amides is 1. The van der Waals surface area contributed by atoms with Crippen LogP contribution in [0.1, 0.15) is 38.3 Å². The van der Waals surface area contributed by atoms with E-state index in [0.717, 1.165) is 17.7 Å². The van der Waals surface area contributed by atoms with E-state index in [-0.39, 0.29) is 5.91 Å². The second kappa shape index (κ2) is 6.57. The van der Waals surface area contributed by atoms with Crippen LogP contribution in [0.3, 0.4) is 0 Å². The molecule has 0 aliphatic rings. The number of aryl methyl sites for hydroxylation is 1. The molecule has 0 aromatic heterocycles. The molecule has 106 valence electrons. The van der Waals surface area contributed by atoms with E-state index in [0.29, 0.717) is 13.0 Å². The zero-order valence-electron chi connectivity index (χ0n) is 12.2. The summed E-state index contributed by atoms with van der Waals surface area (Å²) in [6.45, 7) is 6.24. The lowest BCUT2D eigenvalue weighted by molar-refractivity contribution is -0.122. The SMILES string of the molecule is CCc1ccc(OC)c(CNC(=O)CC(C)(C)N)c1. The van der Waals surface area contributed by atoms with Crippen LogP contribution in [0.4, 0.5) is 0 Å². The highest BCUT2D eigenvalue weighted by Crippen LogP contribution is 2.20. The summed E-state index contributed by atoms with van der Waals surface area (Å²) in [5, 5.41) is 2.88. The number of benzene rings is 1. The molecule has 1 aromatic rings. The first kappa shape index (κ1) is 15.5. The van der Waals surface area contributed by atoms with Crippen LogP contribution in [0, 0.1) is 0 Å². The molecule has 0 saturated carbocycles. The van der Waals surface area contributed by atoms with Gasteiger partial charge in [-0.25, -0.2) is 0 Å². The lowest BCUT2D eigenvalue weighted by Crippen LogP contribution is -2.38. The molecular formula is C15H24N2O2. The summed E-state index contributed by atoms with van der Waals surface area (Å²) in [6.07, 6.45) is 1.27. The normalized spacial score (nSPS) is 11.2. The molecule has 3 N–H and O–H groups in total. The highest BCUT2D eigenvalue weighted by Gasteiger charge is 2.16. The lowest BCUT2D eigenvalue weighted by Gasteiger charge is -2.18. The van der Waals surface area contributed by atoms with Crippen LogP contribution >= 0.6 is 0 Å². The molecular weight excluding hydrogens is 240 g/mol. The van der Waals surface area contributed by atoms with E-state index in [4.69, 9.17) is 10.5 Å². The van der Waals surface area contributed by atoms with Crippen LogP contribution in [0.5, 0.6) is 5.75 Å². The molecule has 1 aromatic carbocycles. The molecule has 0 aliphatic carbocycles. The van der Waals surface area contributed by atoms with Gasteiger partial charge in [-0.05, 0) is 31.9 Å². The Hall–Kier alpha value is -1.55. The number of hydrogen-bond donors (Lipinski definition) is 2. The number of ether oxygens (including phenoxy) is 1. The van der Waals surface area contributed by atoms with E-state index < -0.39 is 5.54 Å². The first-order valence-electron chi connectivity index (χ1n) is 6.57. The van der Waals surface area contributed by atoms with Crippen LogP contribution in [-0.4, -0.2) is 18.6 Å². The average molecular weight is 264 g/mol. The number of carbonyl (C=O) groups excluding carboxylic acids is 1. The van der Waals surface area contributed by atoms with Crippen LogP contribution < -0.4 is 15.8 Å². The van der Waals surface area contributed by atoms with Crippen LogP contribution in [0.2, 0.25) is 0 Å². The van der Waals surface area contributed by atoms with Crippen molar-refractivity contribution < 1.29 is 9.53 Å². The standard InChI is InChI=1S/C15H24N2O2/c1-5-11-6-7-13(19-4)12(8-11)10-17-14(18)9-15(2,3)16/h6-8H,5,9-10,16H2,1-4H3,(H,17,18). The summed E-state index contributed by atoms with van der Waals surface area (Å²) in [6, 6.07) is 6.03. The highest BCUT2D eigenvalue weighted by atomic mass is 16.5. The quantitative estimate of drug-likeness (QED) is 0.826. The van der Waals surface area contributed by atoms with Crippen molar-refractivity contribution in [3.8, 4) is 5.75 Å². The molecule has 0 atom stereocenters. The molecule has 4 nitrogen and oxygen atoms in total. The van der Waals surface area contributed by atoms with E-state index in [2.05, 4.69) is 18.3 Å². The second-order valence-corrected chi connectivity index (χ2v) is 5.44. The van der Waals surface area contributed by atoms with Gasteiger partial charge in [-0.15, -0.1) is 0 Å². The molecule has 0 bridgehead atoms. The van der Waals surface area contributed by atoms with Crippen molar-refractivity contribution in [3.63, 3.8) is 0 Å². The first-order chi connectivity index (χ1) is 8.85. The number of hydrogen-bond acceptors (Lipinski definition) is 3. The third-order valence-corrected chi connectivity index (χ3v) is 2.85. The highest BCUT2D eigenvalue weighted by molar-refractivity contribution is 5.77. The summed E-state index contributed by atoms with van der Waals surface area (Å²) in [5.74, 6) is 0.751. The van der Waals surface area contributed by atoms with Gasteiger partial charge in [0.1, 0.15) is 5.75 Å². The van der Waals surface area contributed by atoms with Crippen LogP contribution in [0.15, 0.2) is 18.2 Å². The fourth-order valence-corrected chi connectivity index (χ4v) is 1.86. The van der Waals surface area contributed by atoms with Gasteiger partial charge >= 0.3 is 0 Å². The summed E-state index contributed by atoms with van der Waals surface area (Å²) in [7, 11) is 1.63. The molecule has 1 amide bonds. The minimum atomic E-state index is -0.487. The summed E-state index contributed by atoms with van der Waals surface area (Å²) < 4.78 is 5.30. The predicted molar refractivity (Wildman–Crippen MR) is 77.1 cm³/mol. The van der Waals surface area contributed by atoms with Crippen molar-refractivity contribution in [2.75, 3.05) is 7.11 Å². The molecule has 0 radical (unpaired) electrons. The second-order valence-electron chi connectivity index (χ2n) is 5.44. The zero-order valence-corrected chi connectivity index (χ0v) is 12.2. The van der Waals surface area contributed by atoms with Crippen molar-refractivity contribution in [3.05, 3.63) is 29.3 Å². The average Bonchev–Trinajstić information content (AvgIpc) is 2.33. The fraction of sp³-hybridized carbons (Fsp3) is 0.533. The van der Waals surface area contributed by atoms with E-state index in [1.807, 2.05) is 26.0 Å². The third kappa shape index (κ3) is 5.30. The Labute approximate surface area is 115 Å². The molecule has 0 unspecified atom stereocenters. The summed E-state index contributed by atoms with van der Waals surface area (Å²) >= 11 is 0. The molecule has 0 heterocycles. The number of rotatable bonds is 6. The Balaban J connectivity index is 2.68. The van der Waals surface area contributed by atoms with Gasteiger partial charge in [0.25, 0.3) is 0 Å². The molecule has 0 spiro atoms. The molecule has 19 heavy (non-hydrogen) atoms. The van der Waals surface area contributed by atoms with Gasteiger partial charge in [0, 0.05) is 24.1 Å². The maximum Gasteiger partial charge on any atom is 0.222 e. The maximum atomic E-state index is 11.8. The number of carbonyl (C=O) groups is 1. The van der Waals surface area contributed by atoms with E-state index >= 15 is 0 Å². The van der Waals surface area contributed by atoms with Gasteiger partial charge in [-0.3, -0.25) is 4.79 Å². The van der Waals surface area contributed by atoms with Gasteiger partial charge in [0.2, 0.25) is 5.91 Å². The third-order valence-electron chi connectivity index (χ3n) is 2.85. The fourth-order valence-electron chi connectivity index (χ4n) is 1.86. The largest absolute Gasteiger partial charge is 0.496 e. The van der Waals surface area contributed by atoms with Crippen molar-refractivity contribution in [2.45, 2.75) is 45.7 Å².